The van der Waals surface area contributed by atoms with E-state index in [0.717, 1.165) is 23.3 Å². The molecule has 3 heteroatoms. The van der Waals surface area contributed by atoms with Gasteiger partial charge in [0.15, 0.2) is 5.75 Å². The van der Waals surface area contributed by atoms with E-state index in [4.69, 9.17) is 9.78 Å². The van der Waals surface area contributed by atoms with Crippen molar-refractivity contribution in [2.75, 3.05) is 0 Å². The molecule has 0 aliphatic carbocycles. The first kappa shape index (κ1) is 10.2. The highest BCUT2D eigenvalue weighted by Crippen LogP contribution is 2.26. The maximum atomic E-state index is 11.5. The molecular formula is C12H14O3. The number of fused-ring (bicyclic) bond motifs is 1. The van der Waals surface area contributed by atoms with Gasteiger partial charge in [-0.15, -0.1) is 0 Å². The van der Waals surface area contributed by atoms with Crippen LogP contribution in [0, 0.1) is 0 Å². The van der Waals surface area contributed by atoms with Crippen LogP contribution in [-0.4, -0.2) is 5.78 Å². The fourth-order valence-corrected chi connectivity index (χ4v) is 1.69. The van der Waals surface area contributed by atoms with Gasteiger partial charge in [0.05, 0.1) is 0 Å². The molecule has 3 nitrogen and oxygen atoms in total. The molecule has 15 heavy (non-hydrogen) atoms. The minimum atomic E-state index is 0.289. The Kier molecular flexibility index (Phi) is 3.02. The van der Waals surface area contributed by atoms with Gasteiger partial charge < -0.3 is 4.89 Å². The maximum absolute atomic E-state index is 11.5. The molecule has 80 valence electrons. The quantitative estimate of drug-likeness (QED) is 0.710. The van der Waals surface area contributed by atoms with Crippen LogP contribution >= 0.6 is 0 Å². The second kappa shape index (κ2) is 4.45. The van der Waals surface area contributed by atoms with Gasteiger partial charge in [0.1, 0.15) is 12.4 Å². The van der Waals surface area contributed by atoms with E-state index in [0.29, 0.717) is 19.4 Å². The zero-order valence-corrected chi connectivity index (χ0v) is 8.79. The average Bonchev–Trinajstić information content (AvgIpc) is 2.65. The fraction of sp³-hybridized carbons (Fsp3) is 0.417. The Bertz CT molecular complexity index is 371. The Balaban J connectivity index is 2.06. The molecule has 1 aliphatic heterocycles. The minimum absolute atomic E-state index is 0.289. The predicted molar refractivity (Wildman–Crippen MR) is 55.5 cm³/mol. The SMILES string of the molecule is CCCC(=O)Cc1ccc2c(c1)COO2. The van der Waals surface area contributed by atoms with Gasteiger partial charge in [0, 0.05) is 18.4 Å². The number of carbonyl (C=O) groups is 1. The highest BCUT2D eigenvalue weighted by Gasteiger charge is 2.14. The largest absolute Gasteiger partial charge is 0.337 e. The van der Waals surface area contributed by atoms with E-state index in [1.807, 2.05) is 25.1 Å². The van der Waals surface area contributed by atoms with Gasteiger partial charge in [0.2, 0.25) is 0 Å². The molecule has 1 aromatic carbocycles. The first-order valence-electron chi connectivity index (χ1n) is 5.22. The zero-order valence-electron chi connectivity index (χ0n) is 8.79. The molecule has 0 radical (unpaired) electrons. The van der Waals surface area contributed by atoms with Crippen molar-refractivity contribution in [3.63, 3.8) is 0 Å². The minimum Gasteiger partial charge on any atom is -0.337 e. The molecule has 0 spiro atoms. The van der Waals surface area contributed by atoms with Crippen LogP contribution in [0.25, 0.3) is 0 Å². The van der Waals surface area contributed by atoms with Crippen molar-refractivity contribution in [3.05, 3.63) is 29.3 Å². The van der Waals surface area contributed by atoms with Gasteiger partial charge >= 0.3 is 0 Å². The summed E-state index contributed by atoms with van der Waals surface area (Å²) < 4.78 is 0. The van der Waals surface area contributed by atoms with Crippen LogP contribution in [0.3, 0.4) is 0 Å². The van der Waals surface area contributed by atoms with Crippen molar-refractivity contribution < 1.29 is 14.6 Å². The lowest BCUT2D eigenvalue weighted by atomic mass is 10.0. The summed E-state index contributed by atoms with van der Waals surface area (Å²) in [7, 11) is 0. The predicted octanol–water partition coefficient (Wildman–Crippen LogP) is 2.42. The van der Waals surface area contributed by atoms with Crippen LogP contribution < -0.4 is 4.89 Å². The first-order valence-corrected chi connectivity index (χ1v) is 5.22. The summed E-state index contributed by atoms with van der Waals surface area (Å²) in [5.74, 6) is 1.05. The van der Waals surface area contributed by atoms with E-state index in [9.17, 15) is 4.79 Å². The molecular weight excluding hydrogens is 192 g/mol. The van der Waals surface area contributed by atoms with Crippen molar-refractivity contribution in [1.29, 1.82) is 0 Å². The highest BCUT2D eigenvalue weighted by molar-refractivity contribution is 5.80. The van der Waals surface area contributed by atoms with Crippen molar-refractivity contribution in [3.8, 4) is 5.75 Å². The number of ketones is 1. The lowest BCUT2D eigenvalue weighted by molar-refractivity contribution is -0.194. The van der Waals surface area contributed by atoms with Gasteiger partial charge in [-0.3, -0.25) is 4.79 Å². The lowest BCUT2D eigenvalue weighted by Crippen LogP contribution is -2.01. The Morgan fingerprint density at radius 2 is 2.33 bits per heavy atom. The molecule has 1 aromatic rings. The smallest absolute Gasteiger partial charge is 0.171 e. The molecule has 0 saturated heterocycles. The normalized spacial score (nSPS) is 13.4. The molecule has 0 N–H and O–H groups in total. The van der Waals surface area contributed by atoms with Crippen molar-refractivity contribution in [2.24, 2.45) is 0 Å². The Morgan fingerprint density at radius 1 is 1.47 bits per heavy atom. The topological polar surface area (TPSA) is 35.5 Å². The van der Waals surface area contributed by atoms with E-state index in [1.54, 1.807) is 0 Å². The second-order valence-corrected chi connectivity index (χ2v) is 3.75. The Labute approximate surface area is 88.9 Å². The van der Waals surface area contributed by atoms with Crippen LogP contribution in [0.15, 0.2) is 18.2 Å². The molecule has 0 unspecified atom stereocenters. The summed E-state index contributed by atoms with van der Waals surface area (Å²) in [4.78, 5) is 21.2. The van der Waals surface area contributed by atoms with E-state index in [2.05, 4.69) is 0 Å². The molecule has 0 atom stereocenters. The standard InChI is InChI=1S/C12H14O3/c1-2-3-11(13)7-9-4-5-12-10(6-9)8-14-15-12/h4-6H,2-3,7-8H2,1H3. The number of rotatable bonds is 4. The van der Waals surface area contributed by atoms with Crippen LogP contribution in [0.1, 0.15) is 30.9 Å². The molecule has 0 bridgehead atoms. The lowest BCUT2D eigenvalue weighted by Gasteiger charge is -2.01. The fourth-order valence-electron chi connectivity index (χ4n) is 1.69. The van der Waals surface area contributed by atoms with Crippen LogP contribution in [0.2, 0.25) is 0 Å². The van der Waals surface area contributed by atoms with Crippen molar-refractivity contribution >= 4 is 5.78 Å². The Hall–Kier alpha value is -1.35. The molecule has 2 rings (SSSR count). The van der Waals surface area contributed by atoms with Gasteiger partial charge in [-0.25, -0.2) is 0 Å². The molecule has 1 aliphatic rings. The highest BCUT2D eigenvalue weighted by atomic mass is 17.2. The van der Waals surface area contributed by atoms with E-state index in [-0.39, 0.29) is 5.78 Å². The summed E-state index contributed by atoms with van der Waals surface area (Å²) in [5, 5.41) is 0. The monoisotopic (exact) mass is 206 g/mol. The Morgan fingerprint density at radius 3 is 3.13 bits per heavy atom. The van der Waals surface area contributed by atoms with E-state index in [1.165, 1.54) is 0 Å². The maximum Gasteiger partial charge on any atom is 0.171 e. The van der Waals surface area contributed by atoms with Crippen LogP contribution in [-0.2, 0) is 22.7 Å². The summed E-state index contributed by atoms with van der Waals surface area (Å²) in [5.41, 5.74) is 2.07. The summed E-state index contributed by atoms with van der Waals surface area (Å²) in [6.45, 7) is 2.49. The molecule has 0 amide bonds. The molecule has 0 fully saturated rings. The molecule has 0 aromatic heterocycles. The summed E-state index contributed by atoms with van der Waals surface area (Å²) >= 11 is 0. The number of Topliss-reactive ketones (excluding diaryl/α,β-unsaturated/α-hetero) is 1. The number of hydrogen-bond acceptors (Lipinski definition) is 3. The molecule has 0 saturated carbocycles. The summed E-state index contributed by atoms with van der Waals surface area (Å²) in [6, 6.07) is 5.76. The third-order valence-electron chi connectivity index (χ3n) is 2.42. The van der Waals surface area contributed by atoms with Gasteiger partial charge in [-0.2, -0.15) is 4.89 Å². The zero-order chi connectivity index (χ0) is 10.7. The van der Waals surface area contributed by atoms with Crippen LogP contribution in [0.4, 0.5) is 0 Å². The second-order valence-electron chi connectivity index (χ2n) is 3.75. The van der Waals surface area contributed by atoms with E-state index < -0.39 is 0 Å². The summed E-state index contributed by atoms with van der Waals surface area (Å²) in [6.07, 6.45) is 2.08. The van der Waals surface area contributed by atoms with Crippen molar-refractivity contribution in [1.82, 2.24) is 0 Å². The number of benzene rings is 1. The van der Waals surface area contributed by atoms with E-state index >= 15 is 0 Å². The van der Waals surface area contributed by atoms with Crippen molar-refractivity contribution in [2.45, 2.75) is 32.8 Å². The number of carbonyl (C=O) groups excluding carboxylic acids is 1. The average molecular weight is 206 g/mol. The molecule has 1 heterocycles. The van der Waals surface area contributed by atoms with Gasteiger partial charge in [-0.1, -0.05) is 13.0 Å². The van der Waals surface area contributed by atoms with Gasteiger partial charge in [0.25, 0.3) is 0 Å². The first-order chi connectivity index (χ1) is 7.29. The third-order valence-corrected chi connectivity index (χ3v) is 2.42. The third kappa shape index (κ3) is 2.36. The van der Waals surface area contributed by atoms with Gasteiger partial charge in [-0.05, 0) is 24.1 Å². The number of hydrogen-bond donors (Lipinski definition) is 0. The van der Waals surface area contributed by atoms with Crippen LogP contribution in [0.5, 0.6) is 5.75 Å².